The number of carbonyl (C=O) groups is 2. The van der Waals surface area contributed by atoms with E-state index in [2.05, 4.69) is 10.8 Å². The van der Waals surface area contributed by atoms with Crippen molar-refractivity contribution in [2.24, 2.45) is 17.6 Å². The third-order valence-corrected chi connectivity index (χ3v) is 12.2. The zero-order valence-corrected chi connectivity index (χ0v) is 39.5. The van der Waals surface area contributed by atoms with E-state index in [4.69, 9.17) is 29.5 Å². The summed E-state index contributed by atoms with van der Waals surface area (Å²) in [6.07, 6.45) is 4.63. The number of allylic oxidation sites excluding steroid dienone is 12. The van der Waals surface area contributed by atoms with Crippen LogP contribution in [0, 0.1) is 11.8 Å². The number of fused-ring (bicyclic) bond motifs is 2. The SMILES string of the molecule is CONC(=O)N[C@H]1[C@@H]2C[C@@H](O[C@@H]3O[C@H](C)[C@@H](O)[C@H](N)[C@@H]3O)/C=C/C=C/C=C/C=C/C=C/C=C/C=C/[C@H](C)[C@@H](O)[C@@H](C)[C@H](C)OC(=O)C[C@H](O)C[C@H](O)CC[C@@H](O)[C@H](O)C[C@H](O)C[C@](O)(C[C@@H]1O)O2. The molecule has 2 bridgehead atoms. The van der Waals surface area contributed by atoms with Crippen LogP contribution in [0.25, 0.3) is 0 Å². The Hall–Kier alpha value is -3.68. The maximum Gasteiger partial charge on any atom is 0.339 e. The third kappa shape index (κ3) is 20.0. The van der Waals surface area contributed by atoms with Crippen molar-refractivity contribution < 1.29 is 84.4 Å². The molecule has 19 atom stereocenters. The van der Waals surface area contributed by atoms with E-state index in [1.807, 2.05) is 37.3 Å². The Bertz CT molecular complexity index is 1730. The van der Waals surface area contributed by atoms with Crippen molar-refractivity contribution in [1.29, 1.82) is 0 Å². The zero-order chi connectivity index (χ0) is 50.6. The molecule has 2 fully saturated rings. The summed E-state index contributed by atoms with van der Waals surface area (Å²) < 4.78 is 23.6. The van der Waals surface area contributed by atoms with E-state index in [1.165, 1.54) is 7.11 Å². The second-order valence-corrected chi connectivity index (χ2v) is 18.0. The van der Waals surface area contributed by atoms with E-state index < -0.39 is 147 Å². The molecule has 0 aromatic heterocycles. The van der Waals surface area contributed by atoms with Gasteiger partial charge in [0.15, 0.2) is 12.1 Å². The van der Waals surface area contributed by atoms with E-state index in [0.717, 1.165) is 0 Å². The zero-order valence-electron chi connectivity index (χ0n) is 39.5. The number of hydrogen-bond donors (Lipinski definition) is 13. The molecule has 0 aliphatic carbocycles. The number of hydroxylamine groups is 1. The summed E-state index contributed by atoms with van der Waals surface area (Å²) in [7, 11) is 1.20. The Morgan fingerprint density at radius 3 is 1.88 bits per heavy atom. The number of nitrogens with one attached hydrogen (secondary N) is 2. The molecule has 0 radical (unpaired) electrons. The minimum absolute atomic E-state index is 0.0987. The first-order valence-corrected chi connectivity index (χ1v) is 23.2. The van der Waals surface area contributed by atoms with Gasteiger partial charge in [0, 0.05) is 37.5 Å². The van der Waals surface area contributed by atoms with Crippen molar-refractivity contribution >= 4 is 12.0 Å². The summed E-state index contributed by atoms with van der Waals surface area (Å²) in [5.41, 5.74) is 8.17. The van der Waals surface area contributed by atoms with Crippen molar-refractivity contribution in [2.45, 2.75) is 183 Å². The van der Waals surface area contributed by atoms with Gasteiger partial charge in [-0.05, 0) is 33.1 Å². The number of cyclic esters (lactones) is 1. The van der Waals surface area contributed by atoms with Gasteiger partial charge in [-0.1, -0.05) is 98.9 Å². The molecule has 14 N–H and O–H groups in total. The summed E-state index contributed by atoms with van der Waals surface area (Å²) in [5, 5.41) is 112. The molecule has 2 amide bonds. The van der Waals surface area contributed by atoms with E-state index in [1.54, 1.807) is 75.5 Å². The van der Waals surface area contributed by atoms with Crippen LogP contribution in [0.4, 0.5) is 4.79 Å². The van der Waals surface area contributed by atoms with Gasteiger partial charge in [-0.15, -0.1) is 0 Å². The molecule has 0 saturated carbocycles. The predicted octanol–water partition coefficient (Wildman–Crippen LogP) is 0.240. The molecule has 68 heavy (non-hydrogen) atoms. The molecule has 3 aliphatic rings. The number of urea groups is 1. The Kier molecular flexibility index (Phi) is 25.4. The van der Waals surface area contributed by atoms with E-state index >= 15 is 0 Å². The first-order valence-electron chi connectivity index (χ1n) is 23.2. The number of aliphatic hydroxyl groups excluding tert-OH is 9. The van der Waals surface area contributed by atoms with Crippen LogP contribution in [-0.2, 0) is 28.6 Å². The average molecular weight is 968 g/mol. The van der Waals surface area contributed by atoms with Gasteiger partial charge < -0.3 is 81.1 Å². The first-order chi connectivity index (χ1) is 32.1. The number of aliphatic hydroxyl groups is 10. The Morgan fingerprint density at radius 2 is 1.28 bits per heavy atom. The molecule has 0 aromatic rings. The minimum atomic E-state index is -2.27. The third-order valence-electron chi connectivity index (χ3n) is 12.2. The number of amides is 2. The Morgan fingerprint density at radius 1 is 0.691 bits per heavy atom. The average Bonchev–Trinajstić information content (AvgIpc) is 3.26. The summed E-state index contributed by atoms with van der Waals surface area (Å²) >= 11 is 0. The van der Waals surface area contributed by atoms with Gasteiger partial charge in [-0.25, -0.2) is 10.3 Å². The first kappa shape index (κ1) is 58.6. The molecule has 2 saturated heterocycles. The van der Waals surface area contributed by atoms with E-state index in [-0.39, 0.29) is 31.6 Å². The summed E-state index contributed by atoms with van der Waals surface area (Å²) in [5.74, 6) is -3.73. The van der Waals surface area contributed by atoms with Crippen molar-refractivity contribution in [3.05, 3.63) is 85.1 Å². The second kappa shape index (κ2) is 29.5. The summed E-state index contributed by atoms with van der Waals surface area (Å²) in [6, 6.07) is -3.21. The van der Waals surface area contributed by atoms with Crippen LogP contribution in [-0.4, -0.2) is 174 Å². The largest absolute Gasteiger partial charge is 0.462 e. The highest BCUT2D eigenvalue weighted by molar-refractivity contribution is 5.73. The smallest absolute Gasteiger partial charge is 0.339 e. The quantitative estimate of drug-likeness (QED) is 0.133. The fourth-order valence-electron chi connectivity index (χ4n) is 8.11. The van der Waals surface area contributed by atoms with Crippen LogP contribution in [0.3, 0.4) is 0 Å². The fraction of sp³-hybridized carbons (Fsp3) is 0.667. The maximum absolute atomic E-state index is 12.7. The maximum atomic E-state index is 12.7. The molecular weight excluding hydrogens is 891 g/mol. The van der Waals surface area contributed by atoms with Gasteiger partial charge in [0.25, 0.3) is 0 Å². The van der Waals surface area contributed by atoms with Crippen molar-refractivity contribution in [2.75, 3.05) is 7.11 Å². The highest BCUT2D eigenvalue weighted by Crippen LogP contribution is 2.35. The van der Waals surface area contributed by atoms with Gasteiger partial charge >= 0.3 is 12.0 Å². The normalized spacial score (nSPS) is 43.9. The van der Waals surface area contributed by atoms with Crippen LogP contribution in [0.1, 0.15) is 79.1 Å². The molecule has 20 nitrogen and oxygen atoms in total. The number of hydrogen-bond acceptors (Lipinski definition) is 18. The van der Waals surface area contributed by atoms with Crippen LogP contribution >= 0.6 is 0 Å². The molecule has 0 aromatic carbocycles. The Labute approximate surface area is 398 Å². The molecule has 3 rings (SSSR count). The van der Waals surface area contributed by atoms with Crippen LogP contribution in [0.15, 0.2) is 85.1 Å². The lowest BCUT2D eigenvalue weighted by Gasteiger charge is -2.46. The highest BCUT2D eigenvalue weighted by Gasteiger charge is 2.49. The number of carbonyl (C=O) groups excluding carboxylic acids is 2. The second-order valence-electron chi connectivity index (χ2n) is 18.0. The van der Waals surface area contributed by atoms with Crippen molar-refractivity contribution in [3.63, 3.8) is 0 Å². The Balaban J connectivity index is 1.90. The lowest BCUT2D eigenvalue weighted by atomic mass is 9.87. The fourth-order valence-corrected chi connectivity index (χ4v) is 8.11. The molecule has 20 heteroatoms. The van der Waals surface area contributed by atoms with Crippen LogP contribution < -0.4 is 16.5 Å². The lowest BCUT2D eigenvalue weighted by Crippen LogP contribution is -2.63. The molecule has 386 valence electrons. The van der Waals surface area contributed by atoms with Gasteiger partial charge in [0.1, 0.15) is 12.2 Å². The van der Waals surface area contributed by atoms with Gasteiger partial charge in [0.2, 0.25) is 0 Å². The van der Waals surface area contributed by atoms with E-state index in [0.29, 0.717) is 0 Å². The van der Waals surface area contributed by atoms with Crippen molar-refractivity contribution in [3.8, 4) is 0 Å². The number of rotatable bonds is 4. The monoisotopic (exact) mass is 968 g/mol. The number of nitrogens with two attached hydrogens (primary N) is 1. The molecule has 0 unspecified atom stereocenters. The minimum Gasteiger partial charge on any atom is -0.462 e. The standard InChI is InChI=1S/C48H77N3O17/c1-28-18-16-14-12-10-8-6-7-9-11-13-15-17-19-35(67-46-45(61)41(49)44(60)31(4)66-46)25-39-42(50-47(62)51-64-5)38(57)27-48(63,68-39)26-34(54)23-37(56)36(55)21-20-32(52)22-33(53)24-40(58)65-30(3)29(2)43(28)59/h6-19,28-39,41-46,52-57,59-61,63H,20-27,49H2,1-5H3,(H2,50,51,62)/b7-6+,10-8+,11-9+,14-12+,15-13+,18-16+,19-17+/t28-,29-,30-,31+,32+,33+,34-,35-,36+,37+,38-,39-,41-,42+,43+,44+,45-,46-,48+/m0/s1. The topological polar surface area (TPSA) is 333 Å². The van der Waals surface area contributed by atoms with Crippen molar-refractivity contribution in [1.82, 2.24) is 10.8 Å². The summed E-state index contributed by atoms with van der Waals surface area (Å²) in [4.78, 5) is 30.0. The summed E-state index contributed by atoms with van der Waals surface area (Å²) in [6.45, 7) is 6.78. The van der Waals surface area contributed by atoms with E-state index in [9.17, 15) is 60.7 Å². The molecule has 0 spiro atoms. The van der Waals surface area contributed by atoms with Crippen LogP contribution in [0.2, 0.25) is 0 Å². The molecular formula is C48H77N3O17. The number of esters is 1. The van der Waals surface area contributed by atoms with Crippen LogP contribution in [0.5, 0.6) is 0 Å². The molecule has 3 aliphatic heterocycles. The lowest BCUT2D eigenvalue weighted by molar-refractivity contribution is -0.303. The van der Waals surface area contributed by atoms with Gasteiger partial charge in [0.05, 0.1) is 92.8 Å². The number of ether oxygens (including phenoxy) is 4. The highest BCUT2D eigenvalue weighted by atomic mass is 16.7. The van der Waals surface area contributed by atoms with Gasteiger partial charge in [-0.2, -0.15) is 0 Å². The predicted molar refractivity (Wildman–Crippen MR) is 248 cm³/mol. The molecule has 3 heterocycles. The van der Waals surface area contributed by atoms with Gasteiger partial charge in [-0.3, -0.25) is 9.63 Å².